The number of rotatable bonds is 7. The molecule has 32 heavy (non-hydrogen) atoms. The van der Waals surface area contributed by atoms with Crippen molar-refractivity contribution in [2.75, 3.05) is 43.9 Å². The Labute approximate surface area is 190 Å². The molecule has 8 nitrogen and oxygen atoms in total. The first-order chi connectivity index (χ1) is 15.4. The Kier molecular flexibility index (Phi) is 5.79. The SMILES string of the molecule is CCc1cnc(N2CC3C(COc4ccc(C5CCN(S(C)(=O)=O)CC5)nc4)[C@@H]3C2)nc1. The number of piperidine rings is 2. The third-order valence-corrected chi connectivity index (χ3v) is 8.60. The Morgan fingerprint density at radius 3 is 2.28 bits per heavy atom. The molecule has 5 rings (SSSR count). The maximum absolute atomic E-state index is 11.7. The van der Waals surface area contributed by atoms with Crippen LogP contribution in [0.4, 0.5) is 5.95 Å². The van der Waals surface area contributed by atoms with Gasteiger partial charge in [-0.05, 0) is 48.8 Å². The van der Waals surface area contributed by atoms with Gasteiger partial charge >= 0.3 is 0 Å². The highest BCUT2D eigenvalue weighted by Crippen LogP contribution is 2.52. The highest BCUT2D eigenvalue weighted by atomic mass is 32.2. The van der Waals surface area contributed by atoms with Crippen LogP contribution in [0.1, 0.15) is 36.9 Å². The van der Waals surface area contributed by atoms with Crippen molar-refractivity contribution in [1.29, 1.82) is 0 Å². The fourth-order valence-corrected chi connectivity index (χ4v) is 6.02. The molecule has 2 aromatic heterocycles. The van der Waals surface area contributed by atoms with Gasteiger partial charge in [0.15, 0.2) is 0 Å². The first-order valence-electron chi connectivity index (χ1n) is 11.5. The lowest BCUT2D eigenvalue weighted by atomic mass is 9.94. The number of anilines is 1. The molecule has 3 fully saturated rings. The Hall–Kier alpha value is -2.26. The molecule has 2 aromatic rings. The molecule has 2 unspecified atom stereocenters. The van der Waals surface area contributed by atoms with Crippen LogP contribution >= 0.6 is 0 Å². The van der Waals surface area contributed by atoms with Gasteiger partial charge in [0.2, 0.25) is 16.0 Å². The highest BCUT2D eigenvalue weighted by Gasteiger charge is 2.56. The maximum Gasteiger partial charge on any atom is 0.225 e. The van der Waals surface area contributed by atoms with E-state index in [0.29, 0.717) is 36.8 Å². The molecule has 0 amide bonds. The third-order valence-electron chi connectivity index (χ3n) is 7.30. The van der Waals surface area contributed by atoms with Gasteiger partial charge in [0.25, 0.3) is 0 Å². The number of sulfonamides is 1. The van der Waals surface area contributed by atoms with Crippen LogP contribution in [0.2, 0.25) is 0 Å². The lowest BCUT2D eigenvalue weighted by molar-refractivity contribution is 0.281. The molecule has 0 bridgehead atoms. The molecule has 2 saturated heterocycles. The summed E-state index contributed by atoms with van der Waals surface area (Å²) in [7, 11) is -3.09. The van der Waals surface area contributed by atoms with Crippen molar-refractivity contribution in [3.8, 4) is 5.75 Å². The molecule has 1 aliphatic carbocycles. The van der Waals surface area contributed by atoms with E-state index < -0.39 is 10.0 Å². The molecule has 3 atom stereocenters. The molecule has 0 radical (unpaired) electrons. The largest absolute Gasteiger partial charge is 0.492 e. The second-order valence-corrected chi connectivity index (χ2v) is 11.3. The monoisotopic (exact) mass is 457 g/mol. The van der Waals surface area contributed by atoms with Crippen molar-refractivity contribution in [2.24, 2.45) is 17.8 Å². The summed E-state index contributed by atoms with van der Waals surface area (Å²) in [6.07, 6.45) is 9.53. The summed E-state index contributed by atoms with van der Waals surface area (Å²) in [6, 6.07) is 4.03. The zero-order valence-corrected chi connectivity index (χ0v) is 19.5. The number of nitrogens with zero attached hydrogens (tertiary/aromatic N) is 5. The van der Waals surface area contributed by atoms with Gasteiger partial charge in [0.05, 0.1) is 19.1 Å². The lowest BCUT2D eigenvalue weighted by Crippen LogP contribution is -2.37. The van der Waals surface area contributed by atoms with Gasteiger partial charge in [-0.2, -0.15) is 0 Å². The first kappa shape index (κ1) is 21.6. The minimum absolute atomic E-state index is 0.310. The van der Waals surface area contributed by atoms with Crippen molar-refractivity contribution in [2.45, 2.75) is 32.1 Å². The molecule has 3 aliphatic rings. The minimum Gasteiger partial charge on any atom is -0.492 e. The van der Waals surface area contributed by atoms with Gasteiger partial charge in [-0.15, -0.1) is 0 Å². The Morgan fingerprint density at radius 1 is 1.03 bits per heavy atom. The van der Waals surface area contributed by atoms with E-state index >= 15 is 0 Å². The van der Waals surface area contributed by atoms with E-state index in [1.807, 2.05) is 30.7 Å². The van der Waals surface area contributed by atoms with E-state index in [-0.39, 0.29) is 0 Å². The van der Waals surface area contributed by atoms with Crippen LogP contribution in [0.3, 0.4) is 0 Å². The predicted molar refractivity (Wildman–Crippen MR) is 122 cm³/mol. The summed E-state index contributed by atoms with van der Waals surface area (Å²) in [5.41, 5.74) is 2.20. The molecule has 9 heteroatoms. The average molecular weight is 458 g/mol. The highest BCUT2D eigenvalue weighted by molar-refractivity contribution is 7.88. The molecule has 2 aliphatic heterocycles. The summed E-state index contributed by atoms with van der Waals surface area (Å²) in [5.74, 6) is 3.89. The quantitative estimate of drug-likeness (QED) is 0.630. The molecular formula is C23H31N5O3S. The predicted octanol–water partition coefficient (Wildman–Crippen LogP) is 2.33. The summed E-state index contributed by atoms with van der Waals surface area (Å²) in [5, 5.41) is 0. The van der Waals surface area contributed by atoms with Gasteiger partial charge in [-0.3, -0.25) is 4.98 Å². The van der Waals surface area contributed by atoms with Gasteiger partial charge in [0, 0.05) is 56.1 Å². The van der Waals surface area contributed by atoms with Crippen LogP contribution in [0.15, 0.2) is 30.7 Å². The van der Waals surface area contributed by atoms with Crippen LogP contribution in [-0.4, -0.2) is 66.7 Å². The molecular weight excluding hydrogens is 426 g/mol. The van der Waals surface area contributed by atoms with Crippen LogP contribution in [0.25, 0.3) is 0 Å². The van der Waals surface area contributed by atoms with E-state index in [4.69, 9.17) is 4.74 Å². The Balaban J connectivity index is 1.07. The summed E-state index contributed by atoms with van der Waals surface area (Å²) in [6.45, 7) is 5.99. The molecule has 0 N–H and O–H groups in total. The fourth-order valence-electron chi connectivity index (χ4n) is 5.15. The number of hydrogen-bond donors (Lipinski definition) is 0. The van der Waals surface area contributed by atoms with E-state index in [1.165, 1.54) is 11.8 Å². The van der Waals surface area contributed by atoms with Crippen molar-refractivity contribution in [3.05, 3.63) is 42.0 Å². The summed E-state index contributed by atoms with van der Waals surface area (Å²) < 4.78 is 31.0. The standard InChI is InChI=1S/C23H31N5O3S/c1-3-16-10-25-23(26-11-16)27-13-19-20(14-27)21(19)15-31-18-4-5-22(24-12-18)17-6-8-28(9-7-17)32(2,29)30/h4-5,10-12,17,19-21H,3,6-9,13-15H2,1-2H3/t19-,20?,21?/m1/s1. The molecule has 172 valence electrons. The fraction of sp³-hybridized carbons (Fsp3) is 0.609. The van der Waals surface area contributed by atoms with Crippen LogP contribution in [-0.2, 0) is 16.4 Å². The molecule has 4 heterocycles. The smallest absolute Gasteiger partial charge is 0.225 e. The van der Waals surface area contributed by atoms with E-state index in [2.05, 4.69) is 26.8 Å². The van der Waals surface area contributed by atoms with Gasteiger partial charge in [-0.1, -0.05) is 6.92 Å². The average Bonchev–Trinajstić information content (AvgIpc) is 3.26. The van der Waals surface area contributed by atoms with Crippen LogP contribution < -0.4 is 9.64 Å². The number of pyridine rings is 1. The molecule has 0 aromatic carbocycles. The van der Waals surface area contributed by atoms with Crippen molar-refractivity contribution in [3.63, 3.8) is 0 Å². The lowest BCUT2D eigenvalue weighted by Gasteiger charge is -2.29. The van der Waals surface area contributed by atoms with E-state index in [0.717, 1.165) is 56.4 Å². The van der Waals surface area contributed by atoms with Gasteiger partial charge in [-0.25, -0.2) is 22.7 Å². The normalized spacial score (nSPS) is 26.2. The van der Waals surface area contributed by atoms with Crippen molar-refractivity contribution < 1.29 is 13.2 Å². The number of hydrogen-bond acceptors (Lipinski definition) is 7. The summed E-state index contributed by atoms with van der Waals surface area (Å²) in [4.78, 5) is 15.9. The minimum atomic E-state index is -3.09. The Bertz CT molecular complexity index is 1020. The second-order valence-electron chi connectivity index (χ2n) is 9.31. The van der Waals surface area contributed by atoms with Crippen molar-refractivity contribution >= 4 is 16.0 Å². The molecule has 1 saturated carbocycles. The van der Waals surface area contributed by atoms with E-state index in [9.17, 15) is 8.42 Å². The first-order valence-corrected chi connectivity index (χ1v) is 13.4. The number of aryl methyl sites for hydroxylation is 1. The van der Waals surface area contributed by atoms with Crippen molar-refractivity contribution in [1.82, 2.24) is 19.3 Å². The van der Waals surface area contributed by atoms with Gasteiger partial charge in [0.1, 0.15) is 5.75 Å². The molecule has 0 spiro atoms. The van der Waals surface area contributed by atoms with E-state index in [1.54, 1.807) is 4.31 Å². The maximum atomic E-state index is 11.7. The number of ether oxygens (including phenoxy) is 1. The number of fused-ring (bicyclic) bond motifs is 1. The summed E-state index contributed by atoms with van der Waals surface area (Å²) >= 11 is 0. The van der Waals surface area contributed by atoms with Crippen LogP contribution in [0, 0.1) is 17.8 Å². The van der Waals surface area contributed by atoms with Crippen LogP contribution in [0.5, 0.6) is 5.75 Å². The topological polar surface area (TPSA) is 88.5 Å². The Morgan fingerprint density at radius 2 is 1.72 bits per heavy atom. The number of aromatic nitrogens is 3. The van der Waals surface area contributed by atoms with Gasteiger partial charge < -0.3 is 9.64 Å². The zero-order valence-electron chi connectivity index (χ0n) is 18.7. The zero-order chi connectivity index (χ0) is 22.3. The third kappa shape index (κ3) is 4.45. The second kappa shape index (κ2) is 8.59.